The fourth-order valence-electron chi connectivity index (χ4n) is 4.18. The summed E-state index contributed by atoms with van der Waals surface area (Å²) in [5.41, 5.74) is 2.48. The summed E-state index contributed by atoms with van der Waals surface area (Å²) in [5, 5.41) is 4.01. The Morgan fingerprint density at radius 3 is 2.17 bits per heavy atom. The van der Waals surface area contributed by atoms with Gasteiger partial charge in [-0.3, -0.25) is 13.9 Å². The Morgan fingerprint density at radius 2 is 1.59 bits per heavy atom. The molecule has 7 nitrogen and oxygen atoms in total. The predicted octanol–water partition coefficient (Wildman–Crippen LogP) is 6.28. The van der Waals surface area contributed by atoms with Crippen molar-refractivity contribution in [1.29, 1.82) is 0 Å². The molecule has 1 N–H and O–H groups in total. The van der Waals surface area contributed by atoms with Crippen LogP contribution in [0.3, 0.4) is 0 Å². The van der Waals surface area contributed by atoms with E-state index in [1.165, 1.54) is 11.0 Å². The molecule has 0 saturated carbocycles. The number of hydrogen-bond acceptors (Lipinski definition) is 4. The van der Waals surface area contributed by atoms with Gasteiger partial charge in [-0.15, -0.1) is 0 Å². The molecule has 0 unspecified atom stereocenters. The summed E-state index contributed by atoms with van der Waals surface area (Å²) in [7, 11) is -3.90. The molecule has 3 aromatic rings. The normalized spacial score (nSPS) is 12.9. The average molecular weight is 639 g/mol. The van der Waals surface area contributed by atoms with E-state index >= 15 is 0 Å². The van der Waals surface area contributed by atoms with Crippen LogP contribution in [0.15, 0.2) is 66.7 Å². The molecule has 0 aromatic heterocycles. The number of halogens is 3. The maximum Gasteiger partial charge on any atom is 0.244 e. The van der Waals surface area contributed by atoms with E-state index in [4.69, 9.17) is 34.8 Å². The summed E-state index contributed by atoms with van der Waals surface area (Å²) in [5.74, 6) is -0.917. The Hall–Kier alpha value is -2.78. The van der Waals surface area contributed by atoms with Crippen LogP contribution in [0.2, 0.25) is 15.1 Å². The molecule has 0 aliphatic carbocycles. The Balaban J connectivity index is 2.09. The van der Waals surface area contributed by atoms with Gasteiger partial charge in [-0.2, -0.15) is 0 Å². The topological polar surface area (TPSA) is 86.8 Å². The largest absolute Gasteiger partial charge is 0.352 e. The average Bonchev–Trinajstić information content (AvgIpc) is 2.92. The number of aryl methyl sites for hydroxylation is 1. The molecule has 3 rings (SSSR count). The number of sulfonamides is 1. The number of hydrogen-bond donors (Lipinski definition) is 1. The van der Waals surface area contributed by atoms with Crippen molar-refractivity contribution in [3.8, 4) is 0 Å². The van der Waals surface area contributed by atoms with Crippen LogP contribution in [-0.2, 0) is 32.6 Å². The van der Waals surface area contributed by atoms with Crippen molar-refractivity contribution in [2.24, 2.45) is 0 Å². The third-order valence-corrected chi connectivity index (χ3v) is 9.02. The Morgan fingerprint density at radius 1 is 0.902 bits per heavy atom. The molecule has 0 aliphatic heterocycles. The van der Waals surface area contributed by atoms with Crippen LogP contribution in [0, 0.1) is 6.92 Å². The molecule has 0 bridgehead atoms. The second kappa shape index (κ2) is 14.4. The maximum absolute atomic E-state index is 14.1. The molecule has 2 atom stereocenters. The van der Waals surface area contributed by atoms with Crippen molar-refractivity contribution < 1.29 is 18.0 Å². The molecular weight excluding hydrogens is 605 g/mol. The van der Waals surface area contributed by atoms with E-state index in [2.05, 4.69) is 5.32 Å². The number of carbonyl (C=O) groups is 2. The van der Waals surface area contributed by atoms with Crippen molar-refractivity contribution in [2.75, 3.05) is 17.1 Å². The summed E-state index contributed by atoms with van der Waals surface area (Å²) < 4.78 is 26.8. The van der Waals surface area contributed by atoms with Gasteiger partial charge in [0.05, 0.1) is 22.0 Å². The van der Waals surface area contributed by atoms with E-state index in [1.807, 2.05) is 44.2 Å². The van der Waals surface area contributed by atoms with E-state index in [1.54, 1.807) is 37.3 Å². The number of anilines is 1. The van der Waals surface area contributed by atoms with Crippen molar-refractivity contribution in [2.45, 2.75) is 52.2 Å². The molecule has 11 heteroatoms. The summed E-state index contributed by atoms with van der Waals surface area (Å²) in [6, 6.07) is 18.0. The van der Waals surface area contributed by atoms with Gasteiger partial charge in [0.1, 0.15) is 12.6 Å². The monoisotopic (exact) mass is 637 g/mol. The Kier molecular flexibility index (Phi) is 11.5. The number of carbonyl (C=O) groups excluding carboxylic acids is 2. The quantitative estimate of drug-likeness (QED) is 0.253. The Labute approximate surface area is 257 Å². The lowest BCUT2D eigenvalue weighted by Crippen LogP contribution is -2.54. The first-order valence-electron chi connectivity index (χ1n) is 13.1. The van der Waals surface area contributed by atoms with Gasteiger partial charge in [0.15, 0.2) is 0 Å². The Bertz CT molecular complexity index is 1490. The highest BCUT2D eigenvalue weighted by Crippen LogP contribution is 2.27. The van der Waals surface area contributed by atoms with Crippen LogP contribution in [-0.4, -0.2) is 50.0 Å². The molecule has 0 saturated heterocycles. The molecule has 220 valence electrons. The third kappa shape index (κ3) is 9.10. The first-order chi connectivity index (χ1) is 19.3. The number of nitrogens with one attached hydrogen (secondary N) is 1. The number of amides is 2. The highest BCUT2D eigenvalue weighted by atomic mass is 35.5. The van der Waals surface area contributed by atoms with E-state index in [-0.39, 0.29) is 30.6 Å². The third-order valence-electron chi connectivity index (χ3n) is 6.73. The van der Waals surface area contributed by atoms with Gasteiger partial charge in [0.2, 0.25) is 21.8 Å². The van der Waals surface area contributed by atoms with Crippen LogP contribution in [0.4, 0.5) is 5.69 Å². The summed E-state index contributed by atoms with van der Waals surface area (Å²) in [6.45, 7) is 5.08. The van der Waals surface area contributed by atoms with Crippen molar-refractivity contribution in [3.05, 3.63) is 98.5 Å². The zero-order valence-electron chi connectivity index (χ0n) is 23.4. The van der Waals surface area contributed by atoms with Gasteiger partial charge in [-0.1, -0.05) is 84.2 Å². The predicted molar refractivity (Wildman–Crippen MR) is 167 cm³/mol. The van der Waals surface area contributed by atoms with E-state index < -0.39 is 28.5 Å². The summed E-state index contributed by atoms with van der Waals surface area (Å²) in [4.78, 5) is 29.2. The fourth-order valence-corrected chi connectivity index (χ4v) is 5.52. The molecular formula is C30H34Cl3N3O4S. The standard InChI is InChI=1S/C30H34Cl3N3O4S/c1-5-21(3)34-30(38)28(16-22-9-7-6-8-10-22)35(18-23-12-14-25(31)27(33)15-23)29(37)19-36(41(4,39)40)24-13-11-20(2)26(32)17-24/h6-15,17,21,28H,5,16,18-19H2,1-4H3,(H,34,38)/t21-,28-/m1/s1. The molecule has 0 fully saturated rings. The number of benzene rings is 3. The zero-order chi connectivity index (χ0) is 30.3. The molecule has 0 radical (unpaired) electrons. The fraction of sp³-hybridized carbons (Fsp3) is 0.333. The van der Waals surface area contributed by atoms with Crippen molar-refractivity contribution in [1.82, 2.24) is 10.2 Å². The molecule has 2 amide bonds. The van der Waals surface area contributed by atoms with Crippen molar-refractivity contribution in [3.63, 3.8) is 0 Å². The van der Waals surface area contributed by atoms with E-state index in [0.717, 1.165) is 21.7 Å². The lowest BCUT2D eigenvalue weighted by Gasteiger charge is -2.34. The van der Waals surface area contributed by atoms with Gasteiger partial charge >= 0.3 is 0 Å². The molecule has 0 spiro atoms. The van der Waals surface area contributed by atoms with Gasteiger partial charge in [0.25, 0.3) is 0 Å². The first kappa shape index (κ1) is 32.7. The lowest BCUT2D eigenvalue weighted by atomic mass is 10.0. The first-order valence-corrected chi connectivity index (χ1v) is 16.1. The minimum Gasteiger partial charge on any atom is -0.352 e. The molecule has 0 aliphatic rings. The second-order valence-electron chi connectivity index (χ2n) is 10.00. The smallest absolute Gasteiger partial charge is 0.244 e. The van der Waals surface area contributed by atoms with Gasteiger partial charge in [0, 0.05) is 24.0 Å². The minimum absolute atomic E-state index is 0.00654. The zero-order valence-corrected chi connectivity index (χ0v) is 26.5. The van der Waals surface area contributed by atoms with Gasteiger partial charge in [-0.05, 0) is 61.2 Å². The summed E-state index contributed by atoms with van der Waals surface area (Å²) >= 11 is 18.7. The van der Waals surface area contributed by atoms with Crippen LogP contribution in [0.5, 0.6) is 0 Å². The van der Waals surface area contributed by atoms with E-state index in [9.17, 15) is 18.0 Å². The van der Waals surface area contributed by atoms with Crippen LogP contribution < -0.4 is 9.62 Å². The SMILES string of the molecule is CC[C@@H](C)NC(=O)[C@@H](Cc1ccccc1)N(Cc1ccc(Cl)c(Cl)c1)C(=O)CN(c1ccc(C)c(Cl)c1)S(C)(=O)=O. The highest BCUT2D eigenvalue weighted by Gasteiger charge is 2.33. The second-order valence-corrected chi connectivity index (χ2v) is 13.1. The number of rotatable bonds is 12. The van der Waals surface area contributed by atoms with Crippen LogP contribution in [0.1, 0.15) is 37.0 Å². The van der Waals surface area contributed by atoms with Gasteiger partial charge in [-0.25, -0.2) is 8.42 Å². The minimum atomic E-state index is -3.90. The molecule has 41 heavy (non-hydrogen) atoms. The molecule has 3 aromatic carbocycles. The summed E-state index contributed by atoms with van der Waals surface area (Å²) in [6.07, 6.45) is 1.93. The van der Waals surface area contributed by atoms with E-state index in [0.29, 0.717) is 27.1 Å². The van der Waals surface area contributed by atoms with Crippen molar-refractivity contribution >= 4 is 62.3 Å². The van der Waals surface area contributed by atoms with Gasteiger partial charge < -0.3 is 10.2 Å². The maximum atomic E-state index is 14.1. The lowest BCUT2D eigenvalue weighted by molar-refractivity contribution is -0.140. The highest BCUT2D eigenvalue weighted by molar-refractivity contribution is 7.92. The number of nitrogens with zero attached hydrogens (tertiary/aromatic N) is 2. The molecule has 0 heterocycles. The van der Waals surface area contributed by atoms with Crippen LogP contribution >= 0.6 is 34.8 Å². The van der Waals surface area contributed by atoms with Crippen LogP contribution in [0.25, 0.3) is 0 Å².